The lowest BCUT2D eigenvalue weighted by Crippen LogP contribution is -2.51. The predicted molar refractivity (Wildman–Crippen MR) is 137 cm³/mol. The number of ether oxygens (including phenoxy) is 1. The van der Waals surface area contributed by atoms with Crippen LogP contribution in [-0.4, -0.2) is 50.4 Å². The first-order valence-corrected chi connectivity index (χ1v) is 12.7. The van der Waals surface area contributed by atoms with Crippen LogP contribution in [0.4, 0.5) is 0 Å². The summed E-state index contributed by atoms with van der Waals surface area (Å²) < 4.78 is 6.14. The highest BCUT2D eigenvalue weighted by Gasteiger charge is 2.44. The maximum absolute atomic E-state index is 13.0. The number of aromatic amines is 1. The van der Waals surface area contributed by atoms with E-state index < -0.39 is 11.2 Å². The van der Waals surface area contributed by atoms with Crippen LogP contribution in [0.2, 0.25) is 0 Å². The third kappa shape index (κ3) is 5.76. The zero-order chi connectivity index (χ0) is 25.4. The summed E-state index contributed by atoms with van der Waals surface area (Å²) >= 11 is 0. The first-order chi connectivity index (χ1) is 16.4. The number of Topliss-reactive ketones (excluding diaryl/α,β-unsaturated/α-hetero) is 1. The molecule has 1 unspecified atom stereocenters. The van der Waals surface area contributed by atoms with Crippen LogP contribution in [-0.2, 0) is 11.2 Å². The van der Waals surface area contributed by atoms with Crippen molar-refractivity contribution < 1.29 is 19.7 Å². The highest BCUT2D eigenvalue weighted by Crippen LogP contribution is 2.45. The van der Waals surface area contributed by atoms with Gasteiger partial charge in [-0.1, -0.05) is 38.1 Å². The molecule has 2 aromatic rings. The van der Waals surface area contributed by atoms with Gasteiger partial charge in [0.1, 0.15) is 0 Å². The third-order valence-electron chi connectivity index (χ3n) is 7.76. The number of nitrogens with zero attached hydrogens (tertiary/aromatic N) is 1. The number of carbonyl (C=O) groups is 1. The van der Waals surface area contributed by atoms with Crippen molar-refractivity contribution in [1.29, 1.82) is 0 Å². The number of imidazole rings is 1. The van der Waals surface area contributed by atoms with Gasteiger partial charge in [0.2, 0.25) is 5.78 Å². The average molecular weight is 481 g/mol. The largest absolute Gasteiger partial charge is 0.393 e. The Kier molecular flexibility index (Phi) is 7.11. The second-order valence-electron chi connectivity index (χ2n) is 12.0. The Morgan fingerprint density at radius 3 is 2.37 bits per heavy atom. The second kappa shape index (κ2) is 9.64. The molecule has 3 N–H and O–H groups in total. The smallest absolute Gasteiger partial charge is 0.202 e. The number of aromatic nitrogens is 2. The number of allylic oxidation sites excluding steroid dienone is 2. The summed E-state index contributed by atoms with van der Waals surface area (Å²) in [5.74, 6) is 0.517. The van der Waals surface area contributed by atoms with Crippen LogP contribution in [0.15, 0.2) is 30.5 Å². The number of hydrogen-bond acceptors (Lipinski definition) is 5. The number of H-pyrrole nitrogens is 1. The normalized spacial score (nSPS) is 28.5. The molecule has 35 heavy (non-hydrogen) atoms. The van der Waals surface area contributed by atoms with E-state index >= 15 is 0 Å². The van der Waals surface area contributed by atoms with Crippen molar-refractivity contribution in [1.82, 2.24) is 9.97 Å². The Morgan fingerprint density at radius 1 is 1.14 bits per heavy atom. The molecule has 1 fully saturated rings. The number of benzene rings is 1. The molecular weight excluding hydrogens is 440 g/mol. The Labute approximate surface area is 208 Å². The van der Waals surface area contributed by atoms with Crippen molar-refractivity contribution >= 4 is 11.4 Å². The summed E-state index contributed by atoms with van der Waals surface area (Å²) in [5.41, 5.74) is 4.36. The van der Waals surface area contributed by atoms with Crippen LogP contribution in [0, 0.1) is 12.3 Å². The van der Waals surface area contributed by atoms with Crippen LogP contribution in [0.1, 0.15) is 98.7 Å². The number of rotatable bonds is 7. The van der Waals surface area contributed by atoms with E-state index in [0.29, 0.717) is 25.1 Å². The van der Waals surface area contributed by atoms with Crippen molar-refractivity contribution in [2.24, 2.45) is 5.41 Å². The summed E-state index contributed by atoms with van der Waals surface area (Å²) in [7, 11) is 0. The molecule has 6 nitrogen and oxygen atoms in total. The van der Waals surface area contributed by atoms with Gasteiger partial charge in [0.05, 0.1) is 24.4 Å². The van der Waals surface area contributed by atoms with Crippen molar-refractivity contribution in [3.8, 4) is 0 Å². The van der Waals surface area contributed by atoms with Crippen LogP contribution >= 0.6 is 0 Å². The highest BCUT2D eigenvalue weighted by molar-refractivity contribution is 5.95. The number of aliphatic hydroxyl groups is 2. The zero-order valence-electron chi connectivity index (χ0n) is 21.8. The molecule has 190 valence electrons. The molecule has 1 aliphatic carbocycles. The van der Waals surface area contributed by atoms with E-state index in [-0.39, 0.29) is 30.3 Å². The molecule has 0 saturated carbocycles. The summed E-state index contributed by atoms with van der Waals surface area (Å²) in [6.45, 7) is 10.1. The molecule has 2 heterocycles. The van der Waals surface area contributed by atoms with Gasteiger partial charge < -0.3 is 19.9 Å². The summed E-state index contributed by atoms with van der Waals surface area (Å²) in [6.07, 6.45) is 8.77. The third-order valence-corrected chi connectivity index (χ3v) is 7.76. The van der Waals surface area contributed by atoms with Gasteiger partial charge in [0.25, 0.3) is 0 Å². The lowest BCUT2D eigenvalue weighted by Gasteiger charge is -2.47. The highest BCUT2D eigenvalue weighted by atomic mass is 16.5. The monoisotopic (exact) mass is 480 g/mol. The van der Waals surface area contributed by atoms with Gasteiger partial charge >= 0.3 is 0 Å². The number of aryl methyl sites for hydroxylation is 1. The number of hydrogen-bond donors (Lipinski definition) is 3. The summed E-state index contributed by atoms with van der Waals surface area (Å²) in [5, 5.41) is 20.1. The molecule has 1 aliphatic heterocycles. The molecule has 0 spiro atoms. The van der Waals surface area contributed by atoms with Gasteiger partial charge in [-0.25, -0.2) is 4.98 Å². The Bertz CT molecular complexity index is 1100. The van der Waals surface area contributed by atoms with Crippen LogP contribution in [0.3, 0.4) is 0 Å². The first kappa shape index (κ1) is 25.8. The van der Waals surface area contributed by atoms with Gasteiger partial charge in [-0.15, -0.1) is 0 Å². The maximum atomic E-state index is 13.0. The van der Waals surface area contributed by atoms with Gasteiger partial charge in [0, 0.05) is 18.3 Å². The second-order valence-corrected chi connectivity index (χ2v) is 12.0. The van der Waals surface area contributed by atoms with E-state index in [1.165, 1.54) is 11.1 Å². The maximum Gasteiger partial charge on any atom is 0.202 e. The van der Waals surface area contributed by atoms with E-state index in [1.54, 1.807) is 6.20 Å². The molecular formula is C29H40N2O4. The van der Waals surface area contributed by atoms with Gasteiger partial charge in [0.15, 0.2) is 5.82 Å². The number of aliphatic hydroxyl groups excluding tert-OH is 2. The van der Waals surface area contributed by atoms with Gasteiger partial charge in [-0.2, -0.15) is 0 Å². The lowest BCUT2D eigenvalue weighted by molar-refractivity contribution is -0.208. The molecule has 1 saturated heterocycles. The number of carbonyl (C=O) groups excluding carboxylic acids is 1. The van der Waals surface area contributed by atoms with Crippen molar-refractivity contribution in [3.05, 3.63) is 58.7 Å². The fourth-order valence-electron chi connectivity index (χ4n) is 5.66. The standard InChI is InChI=1S/C29H40N2O4/c1-19-16-30-26(31-19)25(34)13-22-7-6-21(12-24(22)20-8-10-27(2,3)11-9-20)23-14-28(4,17-32)35-29(5,15-23)18-33/h6-8,12,16,23,32-33H,9-11,13-15,17-18H2,1-5H3,(H,30,31)/t23?,28-,29+. The van der Waals surface area contributed by atoms with E-state index in [2.05, 4.69) is 48.1 Å². The molecule has 2 aliphatic rings. The molecule has 0 bridgehead atoms. The number of nitrogens with one attached hydrogen (secondary N) is 1. The fraction of sp³-hybridized carbons (Fsp3) is 0.586. The van der Waals surface area contributed by atoms with Gasteiger partial charge in [-0.3, -0.25) is 4.79 Å². The molecule has 3 atom stereocenters. The molecule has 1 aromatic heterocycles. The topological polar surface area (TPSA) is 95.4 Å². The molecule has 6 heteroatoms. The predicted octanol–water partition coefficient (Wildman–Crippen LogP) is 5.13. The number of ketones is 1. The van der Waals surface area contributed by atoms with Crippen molar-refractivity contribution in [3.63, 3.8) is 0 Å². The van der Waals surface area contributed by atoms with E-state index in [9.17, 15) is 15.0 Å². The average Bonchev–Trinajstić information content (AvgIpc) is 3.25. The van der Waals surface area contributed by atoms with Crippen LogP contribution in [0.5, 0.6) is 0 Å². The molecule has 0 radical (unpaired) electrons. The van der Waals surface area contributed by atoms with Crippen molar-refractivity contribution in [2.75, 3.05) is 13.2 Å². The summed E-state index contributed by atoms with van der Waals surface area (Å²) in [6, 6.07) is 6.44. The minimum Gasteiger partial charge on any atom is -0.393 e. The Hall–Kier alpha value is -2.28. The van der Waals surface area contributed by atoms with Crippen LogP contribution in [0.25, 0.3) is 5.57 Å². The first-order valence-electron chi connectivity index (χ1n) is 12.7. The van der Waals surface area contributed by atoms with E-state index in [1.807, 2.05) is 20.8 Å². The van der Waals surface area contributed by atoms with Gasteiger partial charge in [-0.05, 0) is 86.5 Å². The zero-order valence-corrected chi connectivity index (χ0v) is 21.8. The SMILES string of the molecule is Cc1cnc(C(=O)Cc2ccc(C3C[C@](C)(CO)O[C@](C)(CO)C3)cc2C2=CCC(C)(C)CC2)[nH]1. The van der Waals surface area contributed by atoms with E-state index in [0.717, 1.165) is 36.1 Å². The van der Waals surface area contributed by atoms with Crippen LogP contribution < -0.4 is 0 Å². The minimum absolute atomic E-state index is 0.0179. The molecule has 0 amide bonds. The Balaban J connectivity index is 1.71. The Morgan fingerprint density at radius 2 is 1.83 bits per heavy atom. The quantitative estimate of drug-likeness (QED) is 0.477. The molecule has 4 rings (SSSR count). The summed E-state index contributed by atoms with van der Waals surface area (Å²) in [4.78, 5) is 20.3. The lowest BCUT2D eigenvalue weighted by atomic mass is 9.74. The van der Waals surface area contributed by atoms with Crippen molar-refractivity contribution in [2.45, 2.75) is 90.3 Å². The molecule has 1 aromatic carbocycles. The van der Waals surface area contributed by atoms with E-state index in [4.69, 9.17) is 4.74 Å². The minimum atomic E-state index is -0.708. The fourth-order valence-corrected chi connectivity index (χ4v) is 5.66.